The van der Waals surface area contributed by atoms with Crippen molar-refractivity contribution < 1.29 is 14.6 Å². The smallest absolute Gasteiger partial charge is 0.223 e. The first-order valence-corrected chi connectivity index (χ1v) is 9.60. The number of ether oxygens (including phenoxy) is 1. The molecule has 0 radical (unpaired) electrons. The lowest BCUT2D eigenvalue weighted by Gasteiger charge is -2.47. The highest BCUT2D eigenvalue weighted by Gasteiger charge is 2.47. The van der Waals surface area contributed by atoms with E-state index < -0.39 is 11.7 Å². The van der Waals surface area contributed by atoms with Crippen LogP contribution in [0.15, 0.2) is 36.5 Å². The van der Waals surface area contributed by atoms with E-state index in [1.807, 2.05) is 49.9 Å². The van der Waals surface area contributed by atoms with E-state index in [0.29, 0.717) is 13.0 Å². The zero-order chi connectivity index (χ0) is 19.2. The maximum Gasteiger partial charge on any atom is 0.223 e. The van der Waals surface area contributed by atoms with Crippen molar-refractivity contribution >= 4 is 5.91 Å². The van der Waals surface area contributed by atoms with Crippen LogP contribution in [0, 0.1) is 6.92 Å². The standard InChI is InChI=1S/C22H26N2O3/c1-14-12-16(9-10-23-14)15-7-8-18-17(13-15)20(21(26)22(2,3)27-18)24-11-5-4-6-19(24)25/h7-10,12-13,20-21,26H,4-6,11H2,1-3H3. The summed E-state index contributed by atoms with van der Waals surface area (Å²) in [6.07, 6.45) is 3.44. The predicted octanol–water partition coefficient (Wildman–Crippen LogP) is 3.64. The Kier molecular flexibility index (Phi) is 4.42. The molecule has 142 valence electrons. The zero-order valence-electron chi connectivity index (χ0n) is 16.1. The highest BCUT2D eigenvalue weighted by atomic mass is 16.5. The van der Waals surface area contributed by atoms with Crippen molar-refractivity contribution in [1.29, 1.82) is 0 Å². The van der Waals surface area contributed by atoms with Crippen LogP contribution < -0.4 is 4.74 Å². The van der Waals surface area contributed by atoms with Gasteiger partial charge in [0.05, 0.1) is 6.04 Å². The molecule has 27 heavy (non-hydrogen) atoms. The highest BCUT2D eigenvalue weighted by molar-refractivity contribution is 5.78. The van der Waals surface area contributed by atoms with Gasteiger partial charge in [0.2, 0.25) is 5.91 Å². The van der Waals surface area contributed by atoms with Crippen LogP contribution in [-0.2, 0) is 4.79 Å². The minimum Gasteiger partial charge on any atom is -0.485 e. The van der Waals surface area contributed by atoms with Gasteiger partial charge in [-0.2, -0.15) is 0 Å². The van der Waals surface area contributed by atoms with Crippen LogP contribution in [0.2, 0.25) is 0 Å². The molecule has 1 saturated heterocycles. The average molecular weight is 366 g/mol. The van der Waals surface area contributed by atoms with Crippen molar-refractivity contribution in [3.63, 3.8) is 0 Å². The van der Waals surface area contributed by atoms with E-state index >= 15 is 0 Å². The van der Waals surface area contributed by atoms with Gasteiger partial charge in [-0.05, 0) is 69.0 Å². The minimum absolute atomic E-state index is 0.110. The first-order valence-electron chi connectivity index (χ1n) is 9.60. The third-order valence-electron chi connectivity index (χ3n) is 5.64. The summed E-state index contributed by atoms with van der Waals surface area (Å²) in [6, 6.07) is 9.65. The largest absolute Gasteiger partial charge is 0.485 e. The molecular weight excluding hydrogens is 340 g/mol. The maximum atomic E-state index is 12.6. The number of hydrogen-bond donors (Lipinski definition) is 1. The van der Waals surface area contributed by atoms with Crippen molar-refractivity contribution in [1.82, 2.24) is 9.88 Å². The molecule has 1 amide bonds. The van der Waals surface area contributed by atoms with Gasteiger partial charge in [-0.15, -0.1) is 0 Å². The van der Waals surface area contributed by atoms with Gasteiger partial charge < -0.3 is 14.7 Å². The fraction of sp³-hybridized carbons (Fsp3) is 0.455. The number of amides is 1. The summed E-state index contributed by atoms with van der Waals surface area (Å²) in [5, 5.41) is 11.1. The second-order valence-electron chi connectivity index (χ2n) is 8.08. The van der Waals surface area contributed by atoms with Gasteiger partial charge >= 0.3 is 0 Å². The number of nitrogens with zero attached hydrogens (tertiary/aromatic N) is 2. The Morgan fingerprint density at radius 2 is 1.96 bits per heavy atom. The summed E-state index contributed by atoms with van der Waals surface area (Å²) in [6.45, 7) is 6.39. The molecule has 2 aliphatic rings. The van der Waals surface area contributed by atoms with E-state index in [-0.39, 0.29) is 11.9 Å². The van der Waals surface area contributed by atoms with E-state index in [4.69, 9.17) is 4.74 Å². The van der Waals surface area contributed by atoms with Crippen molar-refractivity contribution in [2.45, 2.75) is 57.8 Å². The van der Waals surface area contributed by atoms with E-state index in [1.54, 1.807) is 6.20 Å². The number of benzene rings is 1. The number of aliphatic hydroxyl groups excluding tert-OH is 1. The number of fused-ring (bicyclic) bond motifs is 1. The van der Waals surface area contributed by atoms with Gasteiger partial charge in [0.15, 0.2) is 0 Å². The third kappa shape index (κ3) is 3.21. The van der Waals surface area contributed by atoms with Crippen LogP contribution in [0.5, 0.6) is 5.75 Å². The van der Waals surface area contributed by atoms with Crippen molar-refractivity contribution in [3.05, 3.63) is 47.8 Å². The van der Waals surface area contributed by atoms with Crippen LogP contribution in [0.3, 0.4) is 0 Å². The Hall–Kier alpha value is -2.40. The van der Waals surface area contributed by atoms with Gasteiger partial charge in [-0.25, -0.2) is 0 Å². The van der Waals surface area contributed by atoms with Crippen molar-refractivity contribution in [2.24, 2.45) is 0 Å². The van der Waals surface area contributed by atoms with E-state index in [2.05, 4.69) is 11.1 Å². The molecule has 2 atom stereocenters. The van der Waals surface area contributed by atoms with Gasteiger partial charge in [-0.3, -0.25) is 9.78 Å². The number of likely N-dealkylation sites (tertiary alicyclic amines) is 1. The number of piperidine rings is 1. The van der Waals surface area contributed by atoms with Gasteiger partial charge in [-0.1, -0.05) is 6.07 Å². The molecule has 3 heterocycles. The summed E-state index contributed by atoms with van der Waals surface area (Å²) in [7, 11) is 0. The normalized spacial score (nSPS) is 24.3. The average Bonchev–Trinajstić information content (AvgIpc) is 2.63. The van der Waals surface area contributed by atoms with E-state index in [1.165, 1.54) is 0 Å². The van der Waals surface area contributed by atoms with Gasteiger partial charge in [0.25, 0.3) is 0 Å². The van der Waals surface area contributed by atoms with Crippen LogP contribution in [-0.4, -0.2) is 39.1 Å². The number of aromatic nitrogens is 1. The molecule has 2 aromatic rings. The number of carbonyl (C=O) groups is 1. The number of aliphatic hydroxyl groups is 1. The molecule has 1 fully saturated rings. The second kappa shape index (κ2) is 6.64. The molecule has 4 rings (SSSR count). The lowest BCUT2D eigenvalue weighted by molar-refractivity contribution is -0.147. The van der Waals surface area contributed by atoms with Crippen molar-refractivity contribution in [2.75, 3.05) is 6.54 Å². The summed E-state index contributed by atoms with van der Waals surface area (Å²) < 4.78 is 6.10. The molecule has 1 N–H and O–H groups in total. The summed E-state index contributed by atoms with van der Waals surface area (Å²) >= 11 is 0. The molecule has 2 aliphatic heterocycles. The molecule has 5 nitrogen and oxygen atoms in total. The highest BCUT2D eigenvalue weighted by Crippen LogP contribution is 2.45. The fourth-order valence-corrected chi connectivity index (χ4v) is 4.13. The van der Waals surface area contributed by atoms with Crippen LogP contribution >= 0.6 is 0 Å². The van der Waals surface area contributed by atoms with Gasteiger partial charge in [0.1, 0.15) is 17.5 Å². The quantitative estimate of drug-likeness (QED) is 0.881. The second-order valence-corrected chi connectivity index (χ2v) is 8.08. The monoisotopic (exact) mass is 366 g/mol. The molecule has 0 bridgehead atoms. The van der Waals surface area contributed by atoms with Crippen LogP contribution in [0.1, 0.15) is 50.4 Å². The number of pyridine rings is 1. The Labute approximate surface area is 160 Å². The number of carbonyl (C=O) groups excluding carboxylic acids is 1. The molecule has 1 aromatic heterocycles. The zero-order valence-corrected chi connectivity index (χ0v) is 16.1. The number of rotatable bonds is 2. The van der Waals surface area contributed by atoms with E-state index in [9.17, 15) is 9.90 Å². The first kappa shape index (κ1) is 18.0. The fourth-order valence-electron chi connectivity index (χ4n) is 4.13. The van der Waals surface area contributed by atoms with Crippen LogP contribution in [0.25, 0.3) is 11.1 Å². The first-order chi connectivity index (χ1) is 12.9. The number of aryl methyl sites for hydroxylation is 1. The molecule has 0 spiro atoms. The lowest BCUT2D eigenvalue weighted by atomic mass is 9.83. The molecule has 0 aliphatic carbocycles. The Morgan fingerprint density at radius 3 is 2.70 bits per heavy atom. The molecule has 2 unspecified atom stereocenters. The third-order valence-corrected chi connectivity index (χ3v) is 5.64. The van der Waals surface area contributed by atoms with Crippen molar-refractivity contribution in [3.8, 4) is 16.9 Å². The molecule has 0 saturated carbocycles. The summed E-state index contributed by atoms with van der Waals surface area (Å²) in [5.41, 5.74) is 3.16. The Morgan fingerprint density at radius 1 is 1.19 bits per heavy atom. The molecule has 5 heteroatoms. The Balaban J connectivity index is 1.82. The van der Waals surface area contributed by atoms with Crippen LogP contribution in [0.4, 0.5) is 0 Å². The number of hydrogen-bond acceptors (Lipinski definition) is 4. The summed E-state index contributed by atoms with van der Waals surface area (Å²) in [4.78, 5) is 18.7. The van der Waals surface area contributed by atoms with Gasteiger partial charge in [0, 0.05) is 30.4 Å². The maximum absolute atomic E-state index is 12.6. The topological polar surface area (TPSA) is 62.7 Å². The SMILES string of the molecule is Cc1cc(-c2ccc3c(c2)C(N2CCCCC2=O)C(O)C(C)(C)O3)ccn1. The molecular formula is C22H26N2O3. The Bertz CT molecular complexity index is 878. The minimum atomic E-state index is -0.790. The van der Waals surface area contributed by atoms with E-state index in [0.717, 1.165) is 41.0 Å². The summed E-state index contributed by atoms with van der Waals surface area (Å²) in [5.74, 6) is 0.849. The molecule has 1 aromatic carbocycles. The predicted molar refractivity (Wildman–Crippen MR) is 103 cm³/mol. The lowest BCUT2D eigenvalue weighted by Crippen LogP contribution is -2.55.